The number of fused-ring (bicyclic) bond motifs is 3. The number of imide groups is 1. The van der Waals surface area contributed by atoms with Gasteiger partial charge in [-0.25, -0.2) is 9.69 Å². The van der Waals surface area contributed by atoms with E-state index in [0.29, 0.717) is 44.9 Å². The zero-order chi connectivity index (χ0) is 48.9. The standard InChI is InChI=1S/C55H46N4O11/c1-3-30-56-51(61)46-48-52(62)70-49(39-12-8-5-9-13-39)47(38-10-6-4-7-11-38)58(48)50(40-21-27-43(28-22-40)68-32-31-60)55(46)44-33-36(15-14-35-18-25-42(67-2)26-19-35)20-29-45(44)57(53(55)63)54(64)69-34-37-16-23-41(24-17-37)59(65)66/h3-13,16-29,33,46-50,60H,1,30-32,34H2,2H3,(H,56,61)/t46-,47-,48-,49+,50+,55-/m0/s1. The van der Waals surface area contributed by atoms with Crippen LogP contribution in [0, 0.1) is 27.9 Å². The van der Waals surface area contributed by atoms with Gasteiger partial charge in [-0.1, -0.05) is 90.7 Å². The largest absolute Gasteiger partial charge is 0.497 e. The minimum Gasteiger partial charge on any atom is -0.497 e. The van der Waals surface area contributed by atoms with Gasteiger partial charge in [-0.2, -0.15) is 0 Å². The normalized spacial score (nSPS) is 21.1. The summed E-state index contributed by atoms with van der Waals surface area (Å²) in [5.74, 6) is 3.55. The number of nitro benzene ring substituents is 1. The molecule has 15 heteroatoms. The van der Waals surface area contributed by atoms with Gasteiger partial charge in [0.25, 0.3) is 5.69 Å². The zero-order valence-corrected chi connectivity index (χ0v) is 37.8. The molecule has 15 nitrogen and oxygen atoms in total. The van der Waals surface area contributed by atoms with E-state index in [1.54, 1.807) is 73.8 Å². The number of anilines is 1. The average molecular weight is 939 g/mol. The summed E-state index contributed by atoms with van der Waals surface area (Å²) in [6, 6.07) is 39.5. The molecule has 2 N–H and O–H groups in total. The van der Waals surface area contributed by atoms with Crippen LogP contribution >= 0.6 is 0 Å². The van der Waals surface area contributed by atoms with Gasteiger partial charge in [-0.3, -0.25) is 29.4 Å². The Morgan fingerprint density at radius 1 is 0.829 bits per heavy atom. The summed E-state index contributed by atoms with van der Waals surface area (Å²) < 4.78 is 23.5. The molecule has 0 unspecified atom stereocenters. The first-order chi connectivity index (χ1) is 34.1. The lowest BCUT2D eigenvalue weighted by Gasteiger charge is -2.46. The molecule has 352 valence electrons. The highest BCUT2D eigenvalue weighted by Gasteiger charge is 2.75. The molecule has 0 saturated carbocycles. The number of hydrogen-bond donors (Lipinski definition) is 2. The summed E-state index contributed by atoms with van der Waals surface area (Å²) in [5.41, 5.74) is 1.41. The Bertz CT molecular complexity index is 3010. The van der Waals surface area contributed by atoms with Crippen LogP contribution in [0.15, 0.2) is 164 Å². The number of carbonyl (C=O) groups is 4. The van der Waals surface area contributed by atoms with E-state index in [-0.39, 0.29) is 43.3 Å². The third-order valence-electron chi connectivity index (χ3n) is 12.9. The smallest absolute Gasteiger partial charge is 0.421 e. The molecule has 0 aliphatic carbocycles. The monoisotopic (exact) mass is 938 g/mol. The Labute approximate surface area is 403 Å². The van der Waals surface area contributed by atoms with Crippen LogP contribution in [0.25, 0.3) is 0 Å². The van der Waals surface area contributed by atoms with Crippen LogP contribution in [-0.2, 0) is 35.9 Å². The first-order valence-corrected chi connectivity index (χ1v) is 22.4. The fourth-order valence-corrected chi connectivity index (χ4v) is 9.90. The van der Waals surface area contributed by atoms with Crippen molar-refractivity contribution in [2.75, 3.05) is 31.8 Å². The van der Waals surface area contributed by atoms with Crippen LogP contribution in [0.2, 0.25) is 0 Å². The number of non-ortho nitro benzene ring substituents is 1. The molecular weight excluding hydrogens is 893 g/mol. The van der Waals surface area contributed by atoms with Crippen LogP contribution in [0.5, 0.6) is 11.5 Å². The summed E-state index contributed by atoms with van der Waals surface area (Å²) in [6.07, 6.45) is -0.560. The zero-order valence-electron chi connectivity index (χ0n) is 37.8. The van der Waals surface area contributed by atoms with Crippen molar-refractivity contribution in [2.45, 2.75) is 36.3 Å². The quantitative estimate of drug-likeness (QED) is 0.0379. The first kappa shape index (κ1) is 46.5. The molecule has 70 heavy (non-hydrogen) atoms. The van der Waals surface area contributed by atoms with Crippen molar-refractivity contribution in [3.05, 3.63) is 213 Å². The first-order valence-electron chi connectivity index (χ1n) is 22.4. The summed E-state index contributed by atoms with van der Waals surface area (Å²) in [4.78, 5) is 75.4. The second-order valence-electron chi connectivity index (χ2n) is 16.8. The molecule has 0 bridgehead atoms. The molecule has 3 heterocycles. The van der Waals surface area contributed by atoms with E-state index in [9.17, 15) is 20.0 Å². The minimum absolute atomic E-state index is 0.0102. The fraction of sp³-hybridized carbons (Fsp3) is 0.200. The maximum absolute atomic E-state index is 16.4. The predicted octanol–water partition coefficient (Wildman–Crippen LogP) is 7.68. The van der Waals surface area contributed by atoms with E-state index in [4.69, 9.17) is 18.9 Å². The van der Waals surface area contributed by atoms with Gasteiger partial charge in [0.05, 0.1) is 42.3 Å². The number of carbonyl (C=O) groups excluding carboxylic acids is 4. The molecule has 2 saturated heterocycles. The van der Waals surface area contributed by atoms with Crippen molar-refractivity contribution >= 4 is 35.3 Å². The van der Waals surface area contributed by atoms with Gasteiger partial charge in [0, 0.05) is 29.8 Å². The number of nitro groups is 1. The summed E-state index contributed by atoms with van der Waals surface area (Å²) in [7, 11) is 1.56. The van der Waals surface area contributed by atoms with Gasteiger partial charge in [0.2, 0.25) is 11.8 Å². The van der Waals surface area contributed by atoms with Crippen molar-refractivity contribution in [3.8, 4) is 23.3 Å². The van der Waals surface area contributed by atoms with E-state index < -0.39 is 64.4 Å². The molecule has 3 aliphatic rings. The molecule has 6 aromatic carbocycles. The molecule has 6 aromatic rings. The van der Waals surface area contributed by atoms with Gasteiger partial charge in [0.1, 0.15) is 42.3 Å². The number of benzene rings is 6. The van der Waals surface area contributed by atoms with Crippen LogP contribution in [0.4, 0.5) is 16.2 Å². The van der Waals surface area contributed by atoms with Gasteiger partial charge in [-0.15, -0.1) is 6.58 Å². The van der Waals surface area contributed by atoms with Crippen molar-refractivity contribution in [3.63, 3.8) is 0 Å². The van der Waals surface area contributed by atoms with Crippen molar-refractivity contribution in [1.29, 1.82) is 0 Å². The number of aliphatic hydroxyl groups excluding tert-OH is 1. The second kappa shape index (κ2) is 19.9. The highest BCUT2D eigenvalue weighted by atomic mass is 16.6. The summed E-state index contributed by atoms with van der Waals surface area (Å²) >= 11 is 0. The molecule has 2 fully saturated rings. The predicted molar refractivity (Wildman–Crippen MR) is 256 cm³/mol. The highest BCUT2D eigenvalue weighted by molar-refractivity contribution is 6.23. The summed E-state index contributed by atoms with van der Waals surface area (Å²) in [5, 5.41) is 23.9. The average Bonchev–Trinajstić information content (AvgIpc) is 3.85. The fourth-order valence-electron chi connectivity index (χ4n) is 9.90. The Morgan fingerprint density at radius 3 is 2.11 bits per heavy atom. The number of amides is 3. The summed E-state index contributed by atoms with van der Waals surface area (Å²) in [6.45, 7) is 3.18. The topological polar surface area (TPSA) is 187 Å². The molecule has 0 radical (unpaired) electrons. The maximum Gasteiger partial charge on any atom is 0.421 e. The van der Waals surface area contributed by atoms with Crippen LogP contribution in [0.1, 0.15) is 57.1 Å². The molecule has 6 atom stereocenters. The third kappa shape index (κ3) is 8.50. The van der Waals surface area contributed by atoms with Crippen molar-refractivity contribution < 1.29 is 48.2 Å². The number of hydrogen-bond acceptors (Lipinski definition) is 12. The van der Waals surface area contributed by atoms with Crippen LogP contribution in [-0.4, -0.2) is 71.7 Å². The lowest BCUT2D eigenvalue weighted by molar-refractivity contribution is -0.384. The molecule has 3 aliphatic heterocycles. The van der Waals surface area contributed by atoms with E-state index >= 15 is 14.4 Å². The number of esters is 1. The van der Waals surface area contributed by atoms with E-state index in [1.807, 2.05) is 65.6 Å². The SMILES string of the molecule is C=CCNC(=O)[C@@H]1[C@H]2C(=O)O[C@H](c3ccccc3)[C@H](c3ccccc3)N2[C@H](c2ccc(OCCO)cc2)[C@@]12C(=O)N(C(=O)OCc1ccc([N+](=O)[O-])cc1)c1ccc(C#Cc3ccc(OC)cc3)cc12. The molecule has 1 spiro atoms. The highest BCUT2D eigenvalue weighted by Crippen LogP contribution is 2.66. The Balaban J connectivity index is 1.30. The molecule has 3 amide bonds. The van der Waals surface area contributed by atoms with Gasteiger partial charge in [-0.05, 0) is 94.5 Å². The lowest BCUT2D eigenvalue weighted by Crippen LogP contribution is -2.55. The van der Waals surface area contributed by atoms with Crippen molar-refractivity contribution in [2.24, 2.45) is 5.92 Å². The number of morpholine rings is 1. The van der Waals surface area contributed by atoms with Crippen LogP contribution in [0.3, 0.4) is 0 Å². The van der Waals surface area contributed by atoms with E-state index in [0.717, 1.165) is 4.90 Å². The number of nitrogens with zero attached hydrogens (tertiary/aromatic N) is 3. The number of aliphatic hydroxyl groups is 1. The Kier molecular flexibility index (Phi) is 13.3. The molecular formula is C55H46N4O11. The van der Waals surface area contributed by atoms with Gasteiger partial charge >= 0.3 is 12.1 Å². The molecule has 9 rings (SSSR count). The number of nitrogens with one attached hydrogen (secondary N) is 1. The van der Waals surface area contributed by atoms with Crippen LogP contribution < -0.4 is 19.7 Å². The Hall–Kier alpha value is -8.58. The van der Waals surface area contributed by atoms with E-state index in [2.05, 4.69) is 23.7 Å². The molecule has 0 aromatic heterocycles. The minimum atomic E-state index is -2.10. The second-order valence-corrected chi connectivity index (χ2v) is 16.8. The third-order valence-corrected chi connectivity index (χ3v) is 12.9. The maximum atomic E-state index is 16.4. The number of cyclic esters (lactones) is 1. The van der Waals surface area contributed by atoms with Crippen molar-refractivity contribution in [1.82, 2.24) is 10.2 Å². The number of rotatable bonds is 13. The lowest BCUT2D eigenvalue weighted by atomic mass is 9.65. The van der Waals surface area contributed by atoms with E-state index in [1.165, 1.54) is 30.3 Å². The number of methoxy groups -OCH3 is 1. The van der Waals surface area contributed by atoms with Gasteiger partial charge in [0.15, 0.2) is 0 Å². The Morgan fingerprint density at radius 2 is 1.47 bits per heavy atom. The van der Waals surface area contributed by atoms with Gasteiger partial charge < -0.3 is 29.4 Å². The number of ether oxygens (including phenoxy) is 4.